The number of aliphatic carboxylic acids is 1. The standard InChI is InChI=1S/C9H18N4O4/c1-11-2-4-12(5-3-11)13(9(16)17)6-7(10)8(14)15/h7H,2-6,10H2,1H3,(H,14,15)(H,16,17)/t7-/m0/s1. The van der Waals surface area contributed by atoms with Gasteiger partial charge in [0.15, 0.2) is 0 Å². The summed E-state index contributed by atoms with van der Waals surface area (Å²) < 4.78 is 0. The highest BCUT2D eigenvalue weighted by molar-refractivity contribution is 5.74. The first-order valence-corrected chi connectivity index (χ1v) is 5.34. The Labute approximate surface area is 99.2 Å². The minimum Gasteiger partial charge on any atom is -0.480 e. The highest BCUT2D eigenvalue weighted by atomic mass is 16.4. The average molecular weight is 246 g/mol. The van der Waals surface area contributed by atoms with Crippen LogP contribution in [-0.4, -0.2) is 83.0 Å². The van der Waals surface area contributed by atoms with E-state index in [1.807, 2.05) is 7.05 Å². The molecule has 0 aliphatic carbocycles. The first kappa shape index (κ1) is 13.7. The van der Waals surface area contributed by atoms with Gasteiger partial charge in [-0.1, -0.05) is 0 Å². The lowest BCUT2D eigenvalue weighted by atomic mass is 10.3. The number of amides is 1. The van der Waals surface area contributed by atoms with Gasteiger partial charge >= 0.3 is 12.1 Å². The molecule has 1 saturated heterocycles. The molecule has 1 aliphatic heterocycles. The van der Waals surface area contributed by atoms with E-state index in [-0.39, 0.29) is 6.54 Å². The van der Waals surface area contributed by atoms with Gasteiger partial charge in [-0.2, -0.15) is 0 Å². The summed E-state index contributed by atoms with van der Waals surface area (Å²) in [7, 11) is 1.95. The minimum atomic E-state index is -1.20. The Hall–Kier alpha value is -1.38. The van der Waals surface area contributed by atoms with Gasteiger partial charge in [-0.25, -0.2) is 14.8 Å². The normalized spacial score (nSPS) is 19.9. The lowest BCUT2D eigenvalue weighted by Crippen LogP contribution is -2.58. The maximum atomic E-state index is 11.1. The molecule has 1 heterocycles. The highest BCUT2D eigenvalue weighted by Gasteiger charge is 2.27. The van der Waals surface area contributed by atoms with Crippen LogP contribution in [0.25, 0.3) is 0 Å². The Morgan fingerprint density at radius 2 is 1.82 bits per heavy atom. The summed E-state index contributed by atoms with van der Waals surface area (Å²) in [4.78, 5) is 23.8. The second kappa shape index (κ2) is 5.80. The number of carboxylic acid groups (broad SMARTS) is 2. The van der Waals surface area contributed by atoms with Crippen molar-refractivity contribution >= 4 is 12.1 Å². The molecular weight excluding hydrogens is 228 g/mol. The molecule has 1 fully saturated rings. The van der Waals surface area contributed by atoms with Gasteiger partial charge in [0.2, 0.25) is 0 Å². The molecule has 1 rings (SSSR count). The zero-order chi connectivity index (χ0) is 13.0. The summed E-state index contributed by atoms with van der Waals surface area (Å²) in [6.07, 6.45) is -1.17. The summed E-state index contributed by atoms with van der Waals surface area (Å²) in [6, 6.07) is -1.20. The molecule has 1 amide bonds. The maximum Gasteiger partial charge on any atom is 0.422 e. The second-order valence-corrected chi connectivity index (χ2v) is 4.07. The maximum absolute atomic E-state index is 11.1. The third-order valence-electron chi connectivity index (χ3n) is 2.73. The van der Waals surface area contributed by atoms with E-state index in [4.69, 9.17) is 15.9 Å². The monoisotopic (exact) mass is 246 g/mol. The number of carboxylic acids is 1. The van der Waals surface area contributed by atoms with Crippen LogP contribution in [0.5, 0.6) is 0 Å². The number of rotatable bonds is 4. The average Bonchev–Trinajstić information content (AvgIpc) is 2.26. The smallest absolute Gasteiger partial charge is 0.422 e. The summed E-state index contributed by atoms with van der Waals surface area (Å²) in [5, 5.41) is 20.3. The van der Waals surface area contributed by atoms with Crippen molar-refractivity contribution in [2.24, 2.45) is 5.73 Å². The van der Waals surface area contributed by atoms with E-state index < -0.39 is 18.1 Å². The number of nitrogens with zero attached hydrogens (tertiary/aromatic N) is 3. The van der Waals surface area contributed by atoms with Gasteiger partial charge in [-0.3, -0.25) is 4.79 Å². The van der Waals surface area contributed by atoms with Crippen molar-refractivity contribution in [3.05, 3.63) is 0 Å². The molecule has 0 bridgehead atoms. The molecule has 0 unspecified atom stereocenters. The van der Waals surface area contributed by atoms with Crippen LogP contribution in [-0.2, 0) is 4.79 Å². The third kappa shape index (κ3) is 3.84. The van der Waals surface area contributed by atoms with Crippen LogP contribution in [0.3, 0.4) is 0 Å². The minimum absolute atomic E-state index is 0.228. The number of carbonyl (C=O) groups is 2. The Morgan fingerprint density at radius 3 is 2.24 bits per heavy atom. The SMILES string of the molecule is CN1CCN(N(C[C@H](N)C(=O)O)C(=O)O)CC1. The van der Waals surface area contributed by atoms with E-state index in [1.54, 1.807) is 5.01 Å². The van der Waals surface area contributed by atoms with Crippen LogP contribution in [0.1, 0.15) is 0 Å². The van der Waals surface area contributed by atoms with Crippen molar-refractivity contribution in [3.63, 3.8) is 0 Å². The number of hydrazine groups is 1. The molecule has 0 aromatic heterocycles. The van der Waals surface area contributed by atoms with Crippen molar-refractivity contribution < 1.29 is 19.8 Å². The molecule has 8 heteroatoms. The molecule has 4 N–H and O–H groups in total. The third-order valence-corrected chi connectivity index (χ3v) is 2.73. The van der Waals surface area contributed by atoms with E-state index in [0.717, 1.165) is 18.1 Å². The molecule has 8 nitrogen and oxygen atoms in total. The van der Waals surface area contributed by atoms with E-state index in [0.29, 0.717) is 13.1 Å². The molecule has 0 spiro atoms. The number of hydrogen-bond donors (Lipinski definition) is 3. The number of nitrogens with two attached hydrogens (primary N) is 1. The zero-order valence-electron chi connectivity index (χ0n) is 9.74. The molecule has 1 aliphatic rings. The quantitative estimate of drug-likeness (QED) is 0.556. The van der Waals surface area contributed by atoms with Crippen LogP contribution in [0, 0.1) is 0 Å². The molecule has 0 aromatic rings. The second-order valence-electron chi connectivity index (χ2n) is 4.07. The van der Waals surface area contributed by atoms with Crippen molar-refractivity contribution in [1.29, 1.82) is 0 Å². The van der Waals surface area contributed by atoms with E-state index in [1.165, 1.54) is 0 Å². The van der Waals surface area contributed by atoms with Gasteiger partial charge in [0.05, 0.1) is 6.54 Å². The van der Waals surface area contributed by atoms with Crippen LogP contribution in [0.15, 0.2) is 0 Å². The van der Waals surface area contributed by atoms with Crippen LogP contribution in [0.2, 0.25) is 0 Å². The number of hydrogen-bond acceptors (Lipinski definition) is 5. The first-order valence-electron chi connectivity index (χ1n) is 5.34. The zero-order valence-corrected chi connectivity index (χ0v) is 9.74. The van der Waals surface area contributed by atoms with Gasteiger partial charge in [-0.15, -0.1) is 0 Å². The number of piperazine rings is 1. The fourth-order valence-corrected chi connectivity index (χ4v) is 1.62. The van der Waals surface area contributed by atoms with Gasteiger partial charge < -0.3 is 20.8 Å². The van der Waals surface area contributed by atoms with E-state index in [2.05, 4.69) is 4.90 Å². The molecule has 17 heavy (non-hydrogen) atoms. The van der Waals surface area contributed by atoms with Gasteiger partial charge in [0, 0.05) is 26.2 Å². The van der Waals surface area contributed by atoms with E-state index >= 15 is 0 Å². The highest BCUT2D eigenvalue weighted by Crippen LogP contribution is 2.05. The fourth-order valence-electron chi connectivity index (χ4n) is 1.62. The van der Waals surface area contributed by atoms with Crippen molar-refractivity contribution in [2.45, 2.75) is 6.04 Å². The fraction of sp³-hybridized carbons (Fsp3) is 0.778. The molecular formula is C9H18N4O4. The van der Waals surface area contributed by atoms with Crippen molar-refractivity contribution in [3.8, 4) is 0 Å². The lowest BCUT2D eigenvalue weighted by Gasteiger charge is -2.38. The van der Waals surface area contributed by atoms with Crippen LogP contribution < -0.4 is 5.73 Å². The summed E-state index contributed by atoms with van der Waals surface area (Å²) in [6.45, 7) is 2.36. The molecule has 1 atom stereocenters. The largest absolute Gasteiger partial charge is 0.480 e. The Bertz CT molecular complexity index is 291. The number of likely N-dealkylation sites (N-methyl/N-ethyl adjacent to an activating group) is 1. The Morgan fingerprint density at radius 1 is 1.29 bits per heavy atom. The van der Waals surface area contributed by atoms with Crippen LogP contribution in [0.4, 0.5) is 4.79 Å². The Kier molecular flexibility index (Phi) is 4.67. The molecule has 0 saturated carbocycles. The predicted octanol–water partition coefficient (Wildman–Crippen LogP) is -1.46. The molecule has 0 aromatic carbocycles. The molecule has 0 radical (unpaired) electrons. The Balaban J connectivity index is 2.60. The summed E-state index contributed by atoms with van der Waals surface area (Å²) in [5.41, 5.74) is 5.35. The van der Waals surface area contributed by atoms with Crippen LogP contribution >= 0.6 is 0 Å². The summed E-state index contributed by atoms with van der Waals surface area (Å²) >= 11 is 0. The summed E-state index contributed by atoms with van der Waals surface area (Å²) in [5.74, 6) is -1.20. The lowest BCUT2D eigenvalue weighted by molar-refractivity contribution is -0.140. The van der Waals surface area contributed by atoms with Gasteiger partial charge in [0.25, 0.3) is 0 Å². The van der Waals surface area contributed by atoms with Crippen molar-refractivity contribution in [2.75, 3.05) is 39.8 Å². The first-order chi connectivity index (χ1) is 7.91. The molecule has 98 valence electrons. The predicted molar refractivity (Wildman–Crippen MR) is 59.4 cm³/mol. The van der Waals surface area contributed by atoms with E-state index in [9.17, 15) is 9.59 Å². The van der Waals surface area contributed by atoms with Crippen molar-refractivity contribution in [1.82, 2.24) is 14.9 Å². The van der Waals surface area contributed by atoms with Gasteiger partial charge in [-0.05, 0) is 7.05 Å². The van der Waals surface area contributed by atoms with Gasteiger partial charge in [0.1, 0.15) is 6.04 Å². The topological polar surface area (TPSA) is 110 Å².